The maximum absolute atomic E-state index is 11.4. The maximum Gasteiger partial charge on any atom is 0.307 e. The first-order valence-electron chi connectivity index (χ1n) is 7.93. The number of fused-ring (bicyclic) bond motifs is 1. The number of aromatic nitrogens is 1. The van der Waals surface area contributed by atoms with Crippen LogP contribution in [0.2, 0.25) is 0 Å². The fourth-order valence-electron chi connectivity index (χ4n) is 3.29. The van der Waals surface area contributed by atoms with Gasteiger partial charge in [0.15, 0.2) is 0 Å². The van der Waals surface area contributed by atoms with E-state index in [9.17, 15) is 9.90 Å². The van der Waals surface area contributed by atoms with E-state index in [1.807, 2.05) is 12.1 Å². The van der Waals surface area contributed by atoms with Crippen molar-refractivity contribution < 1.29 is 9.90 Å². The fourth-order valence-corrected chi connectivity index (χ4v) is 3.29. The fraction of sp³-hybridized carbons (Fsp3) is 0.250. The lowest BCUT2D eigenvalue weighted by atomic mass is 9.97. The van der Waals surface area contributed by atoms with Crippen LogP contribution in [0, 0.1) is 13.8 Å². The van der Waals surface area contributed by atoms with Crippen LogP contribution in [0.15, 0.2) is 36.4 Å². The topological polar surface area (TPSA) is 53.1 Å². The third-order valence-corrected chi connectivity index (χ3v) is 4.39. The summed E-state index contributed by atoms with van der Waals surface area (Å²) >= 11 is 0. The molecule has 1 aromatic heterocycles. The van der Waals surface area contributed by atoms with E-state index in [4.69, 9.17) is 0 Å². The van der Waals surface area contributed by atoms with Crippen molar-refractivity contribution in [2.45, 2.75) is 33.6 Å². The number of hydrogen-bond acceptors (Lipinski definition) is 1. The van der Waals surface area contributed by atoms with E-state index in [0.717, 1.165) is 39.7 Å². The second-order valence-corrected chi connectivity index (χ2v) is 6.06. The van der Waals surface area contributed by atoms with E-state index in [1.165, 1.54) is 11.1 Å². The summed E-state index contributed by atoms with van der Waals surface area (Å²) in [6.07, 6.45) is 0.937. The second-order valence-electron chi connectivity index (χ2n) is 6.06. The Morgan fingerprint density at radius 3 is 2.61 bits per heavy atom. The van der Waals surface area contributed by atoms with E-state index in [-0.39, 0.29) is 6.42 Å². The van der Waals surface area contributed by atoms with E-state index in [2.05, 4.69) is 50.0 Å². The zero-order valence-electron chi connectivity index (χ0n) is 13.7. The lowest BCUT2D eigenvalue weighted by molar-refractivity contribution is -0.136. The standard InChI is InChI=1S/C20H21NO2/c1-4-14-6-5-7-16-17(11-18(22)23)20(21-19(14)16)15-9-8-12(2)10-13(15)3/h5-10,21H,4,11H2,1-3H3,(H,22,23). The molecule has 23 heavy (non-hydrogen) atoms. The molecule has 0 aliphatic rings. The van der Waals surface area contributed by atoms with Gasteiger partial charge in [0.25, 0.3) is 0 Å². The predicted octanol–water partition coefficient (Wildman–Crippen LogP) is 4.64. The monoisotopic (exact) mass is 307 g/mol. The lowest BCUT2D eigenvalue weighted by Crippen LogP contribution is -2.01. The average Bonchev–Trinajstić information content (AvgIpc) is 2.85. The molecule has 0 aliphatic carbocycles. The Bertz CT molecular complexity index is 890. The van der Waals surface area contributed by atoms with Crippen molar-refractivity contribution in [3.8, 4) is 11.3 Å². The van der Waals surface area contributed by atoms with Crippen molar-refractivity contribution in [2.75, 3.05) is 0 Å². The van der Waals surface area contributed by atoms with Gasteiger partial charge >= 0.3 is 5.97 Å². The largest absolute Gasteiger partial charge is 0.481 e. The van der Waals surface area contributed by atoms with Gasteiger partial charge in [-0.3, -0.25) is 4.79 Å². The summed E-state index contributed by atoms with van der Waals surface area (Å²) in [6.45, 7) is 6.25. The number of hydrogen-bond donors (Lipinski definition) is 2. The van der Waals surface area contributed by atoms with E-state index in [0.29, 0.717) is 0 Å². The Morgan fingerprint density at radius 2 is 1.96 bits per heavy atom. The molecule has 0 spiro atoms. The number of carboxylic acid groups (broad SMARTS) is 1. The number of rotatable bonds is 4. The zero-order chi connectivity index (χ0) is 16.6. The Hall–Kier alpha value is -2.55. The molecule has 1 heterocycles. The number of carboxylic acids is 1. The lowest BCUT2D eigenvalue weighted by Gasteiger charge is -2.08. The molecule has 0 bridgehead atoms. The van der Waals surface area contributed by atoms with Crippen LogP contribution in [-0.2, 0) is 17.6 Å². The number of H-pyrrole nitrogens is 1. The SMILES string of the molecule is CCc1cccc2c(CC(=O)O)c(-c3ccc(C)cc3C)[nH]c12. The highest BCUT2D eigenvalue weighted by molar-refractivity contribution is 5.96. The van der Waals surface area contributed by atoms with Crippen molar-refractivity contribution in [2.24, 2.45) is 0 Å². The van der Waals surface area contributed by atoms with Gasteiger partial charge in [0.2, 0.25) is 0 Å². The zero-order valence-corrected chi connectivity index (χ0v) is 13.7. The van der Waals surface area contributed by atoms with Gasteiger partial charge in [-0.25, -0.2) is 0 Å². The Kier molecular flexibility index (Phi) is 3.95. The van der Waals surface area contributed by atoms with Gasteiger partial charge in [0.1, 0.15) is 0 Å². The summed E-state index contributed by atoms with van der Waals surface area (Å²) in [6, 6.07) is 12.4. The molecular weight excluding hydrogens is 286 g/mol. The Morgan fingerprint density at radius 1 is 1.17 bits per heavy atom. The highest BCUT2D eigenvalue weighted by Crippen LogP contribution is 2.34. The number of para-hydroxylation sites is 1. The van der Waals surface area contributed by atoms with E-state index < -0.39 is 5.97 Å². The first-order valence-corrected chi connectivity index (χ1v) is 7.93. The van der Waals surface area contributed by atoms with Gasteiger partial charge in [0.05, 0.1) is 12.1 Å². The van der Waals surface area contributed by atoms with Gasteiger partial charge in [-0.2, -0.15) is 0 Å². The molecule has 2 N–H and O–H groups in total. The van der Waals surface area contributed by atoms with Crippen LogP contribution in [-0.4, -0.2) is 16.1 Å². The van der Waals surface area contributed by atoms with Crippen LogP contribution in [0.25, 0.3) is 22.2 Å². The van der Waals surface area contributed by atoms with Gasteiger partial charge in [-0.05, 0) is 37.0 Å². The molecule has 0 amide bonds. The maximum atomic E-state index is 11.4. The number of aliphatic carboxylic acids is 1. The molecule has 0 aliphatic heterocycles. The summed E-state index contributed by atoms with van der Waals surface area (Å²) < 4.78 is 0. The molecular formula is C20H21NO2. The predicted molar refractivity (Wildman–Crippen MR) is 93.9 cm³/mol. The molecule has 0 unspecified atom stereocenters. The number of benzene rings is 2. The van der Waals surface area contributed by atoms with Gasteiger partial charge in [-0.1, -0.05) is 48.9 Å². The molecule has 3 rings (SSSR count). The van der Waals surface area contributed by atoms with Crippen molar-refractivity contribution in [3.05, 3.63) is 58.7 Å². The number of carbonyl (C=O) groups is 1. The van der Waals surface area contributed by atoms with Crippen LogP contribution in [0.1, 0.15) is 29.2 Å². The van der Waals surface area contributed by atoms with E-state index in [1.54, 1.807) is 0 Å². The molecule has 118 valence electrons. The molecule has 3 heteroatoms. The van der Waals surface area contributed by atoms with Crippen molar-refractivity contribution >= 4 is 16.9 Å². The molecule has 0 fully saturated rings. The number of aryl methyl sites for hydroxylation is 3. The quantitative estimate of drug-likeness (QED) is 0.737. The Labute approximate surface area is 136 Å². The third-order valence-electron chi connectivity index (χ3n) is 4.39. The minimum Gasteiger partial charge on any atom is -0.481 e. The molecule has 3 aromatic rings. The molecule has 0 saturated carbocycles. The van der Waals surface area contributed by atoms with E-state index >= 15 is 0 Å². The smallest absolute Gasteiger partial charge is 0.307 e. The average molecular weight is 307 g/mol. The molecule has 0 atom stereocenters. The molecule has 3 nitrogen and oxygen atoms in total. The third kappa shape index (κ3) is 2.74. The number of aromatic amines is 1. The minimum atomic E-state index is -0.807. The molecule has 2 aromatic carbocycles. The molecule has 0 saturated heterocycles. The van der Waals surface area contributed by atoms with Crippen molar-refractivity contribution in [1.82, 2.24) is 4.98 Å². The summed E-state index contributed by atoms with van der Waals surface area (Å²) in [7, 11) is 0. The summed E-state index contributed by atoms with van der Waals surface area (Å²) in [5.41, 5.74) is 7.50. The second kappa shape index (κ2) is 5.92. The summed E-state index contributed by atoms with van der Waals surface area (Å²) in [4.78, 5) is 14.9. The van der Waals surface area contributed by atoms with Crippen LogP contribution >= 0.6 is 0 Å². The first-order chi connectivity index (χ1) is 11.0. The van der Waals surface area contributed by atoms with Crippen LogP contribution in [0.4, 0.5) is 0 Å². The highest BCUT2D eigenvalue weighted by atomic mass is 16.4. The normalized spacial score (nSPS) is 11.1. The summed E-state index contributed by atoms with van der Waals surface area (Å²) in [5.74, 6) is -0.807. The van der Waals surface area contributed by atoms with Crippen LogP contribution in [0.3, 0.4) is 0 Å². The Balaban J connectivity index is 2.32. The van der Waals surface area contributed by atoms with Crippen molar-refractivity contribution in [1.29, 1.82) is 0 Å². The molecule has 0 radical (unpaired) electrons. The first kappa shape index (κ1) is 15.3. The van der Waals surface area contributed by atoms with Gasteiger partial charge in [-0.15, -0.1) is 0 Å². The summed E-state index contributed by atoms with van der Waals surface area (Å²) in [5, 5.41) is 10.4. The van der Waals surface area contributed by atoms with Crippen molar-refractivity contribution in [3.63, 3.8) is 0 Å². The minimum absolute atomic E-state index is 0.0236. The van der Waals surface area contributed by atoms with Gasteiger partial charge < -0.3 is 10.1 Å². The van der Waals surface area contributed by atoms with Gasteiger partial charge in [0, 0.05) is 16.5 Å². The number of nitrogens with one attached hydrogen (secondary N) is 1. The van der Waals surface area contributed by atoms with Crippen LogP contribution in [0.5, 0.6) is 0 Å². The van der Waals surface area contributed by atoms with Crippen LogP contribution < -0.4 is 0 Å². The highest BCUT2D eigenvalue weighted by Gasteiger charge is 2.18.